The highest BCUT2D eigenvalue weighted by Crippen LogP contribution is 2.22. The first-order chi connectivity index (χ1) is 12.2. The predicted molar refractivity (Wildman–Crippen MR) is 103 cm³/mol. The average molecular weight is 384 g/mol. The van der Waals surface area contributed by atoms with Crippen molar-refractivity contribution in [2.24, 2.45) is 17.3 Å². The molecule has 0 saturated heterocycles. The van der Waals surface area contributed by atoms with Crippen molar-refractivity contribution in [3.8, 4) is 0 Å². The molecule has 1 heterocycles. The second-order valence-electron chi connectivity index (χ2n) is 5.52. The van der Waals surface area contributed by atoms with E-state index in [2.05, 4.69) is 41.9 Å². The van der Waals surface area contributed by atoms with E-state index in [1.165, 1.54) is 0 Å². The van der Waals surface area contributed by atoms with Crippen molar-refractivity contribution in [3.63, 3.8) is 0 Å². The Morgan fingerprint density at radius 2 is 1.68 bits per heavy atom. The third-order valence-corrected chi connectivity index (χ3v) is 4.04. The Kier molecular flexibility index (Phi) is 8.68. The van der Waals surface area contributed by atoms with Gasteiger partial charge in [0.2, 0.25) is 5.95 Å². The number of azo groups is 1. The van der Waals surface area contributed by atoms with Crippen LogP contribution in [-0.4, -0.2) is 35.7 Å². The molecule has 0 aliphatic carbocycles. The van der Waals surface area contributed by atoms with E-state index in [0.29, 0.717) is 5.95 Å². The second kappa shape index (κ2) is 11.0. The summed E-state index contributed by atoms with van der Waals surface area (Å²) in [6.45, 7) is 3.36. The molecule has 0 fully saturated rings. The van der Waals surface area contributed by atoms with Crippen LogP contribution < -0.4 is 14.6 Å². The van der Waals surface area contributed by atoms with Gasteiger partial charge in [-0.15, -0.1) is 10.2 Å². The molecule has 0 atom stereocenters. The fourth-order valence-corrected chi connectivity index (χ4v) is 2.60. The van der Waals surface area contributed by atoms with Crippen LogP contribution in [0.2, 0.25) is 0 Å². The van der Waals surface area contributed by atoms with Crippen LogP contribution >= 0.6 is 23.6 Å². The minimum absolute atomic E-state index is 0.577. The summed E-state index contributed by atoms with van der Waals surface area (Å²) < 4.78 is 1.81. The van der Waals surface area contributed by atoms with Gasteiger partial charge in [-0.2, -0.15) is 0 Å². The molecule has 0 amide bonds. The lowest BCUT2D eigenvalue weighted by molar-refractivity contribution is 0.683. The molecule has 7 nitrogen and oxygen atoms in total. The molecule has 0 spiro atoms. The summed E-state index contributed by atoms with van der Waals surface area (Å²) in [4.78, 5) is 11.8. The minimum atomic E-state index is 0.577. The maximum Gasteiger partial charge on any atom is 0.249 e. The number of nitrogens with one attached hydrogen (secondary N) is 2. The number of imidazole rings is 1. The van der Waals surface area contributed by atoms with Gasteiger partial charge in [0.25, 0.3) is 0 Å². The van der Waals surface area contributed by atoms with Crippen molar-refractivity contribution in [2.45, 2.75) is 12.8 Å². The maximum atomic E-state index is 5.54. The lowest BCUT2D eigenvalue weighted by atomic mass is 10.2. The first-order valence-corrected chi connectivity index (χ1v) is 8.91. The molecule has 2 rings (SSSR count). The Labute approximate surface area is 158 Å². The van der Waals surface area contributed by atoms with Gasteiger partial charge in [0.1, 0.15) is 0 Å². The van der Waals surface area contributed by atoms with Crippen LogP contribution in [0.3, 0.4) is 0 Å². The molecule has 0 saturated carbocycles. The summed E-state index contributed by atoms with van der Waals surface area (Å²) in [6, 6.07) is 8.01. The highest BCUT2D eigenvalue weighted by atomic mass is 35.5. The zero-order valence-electron chi connectivity index (χ0n) is 14.2. The number of nitrogens with zero attached hydrogens (tertiary/aromatic N) is 5. The first-order valence-electron chi connectivity index (χ1n) is 8.15. The van der Waals surface area contributed by atoms with E-state index in [9.17, 15) is 0 Å². The molecule has 2 N–H and O–H groups in total. The van der Waals surface area contributed by atoms with Crippen LogP contribution in [-0.2, 0) is 7.05 Å². The van der Waals surface area contributed by atoms with E-state index in [1.54, 1.807) is 6.20 Å². The third-order valence-electron chi connectivity index (χ3n) is 3.66. The predicted octanol–water partition coefficient (Wildman–Crippen LogP) is 3.91. The fraction of sp³-hybridized carbons (Fsp3) is 0.438. The number of hydrogen-bond acceptors (Lipinski definition) is 6. The van der Waals surface area contributed by atoms with Crippen LogP contribution in [0.5, 0.6) is 0 Å². The summed E-state index contributed by atoms with van der Waals surface area (Å²) >= 11 is 11.1. The number of rotatable bonds is 11. The van der Waals surface area contributed by atoms with Gasteiger partial charge in [0.05, 0.1) is 5.69 Å². The van der Waals surface area contributed by atoms with Crippen molar-refractivity contribution in [2.75, 3.05) is 31.1 Å². The quantitative estimate of drug-likeness (QED) is 0.350. The summed E-state index contributed by atoms with van der Waals surface area (Å²) in [5.74, 6) is 0.577. The lowest BCUT2D eigenvalue weighted by Crippen LogP contribution is -2.28. The van der Waals surface area contributed by atoms with Gasteiger partial charge in [-0.05, 0) is 60.7 Å². The van der Waals surface area contributed by atoms with Gasteiger partial charge in [-0.3, -0.25) is 0 Å². The van der Waals surface area contributed by atoms with Gasteiger partial charge >= 0.3 is 0 Å². The highest BCUT2D eigenvalue weighted by Gasteiger charge is 2.06. The molecule has 1 aromatic heterocycles. The number of benzene rings is 1. The zero-order chi connectivity index (χ0) is 17.9. The van der Waals surface area contributed by atoms with E-state index >= 15 is 0 Å². The summed E-state index contributed by atoms with van der Waals surface area (Å²) in [7, 11) is 1.88. The molecule has 0 unspecified atom stereocenters. The smallest absolute Gasteiger partial charge is 0.249 e. The highest BCUT2D eigenvalue weighted by molar-refractivity contribution is 6.13. The Morgan fingerprint density at radius 1 is 1.04 bits per heavy atom. The van der Waals surface area contributed by atoms with E-state index in [4.69, 9.17) is 23.6 Å². The SMILES string of the molecule is Cn1ccnc1N=Nc1ccc(N(CCCNCl)CCCNCl)cc1. The lowest BCUT2D eigenvalue weighted by Gasteiger charge is -2.24. The van der Waals surface area contributed by atoms with Gasteiger partial charge in [-0.1, -0.05) is 0 Å². The van der Waals surface area contributed by atoms with E-state index < -0.39 is 0 Å². The van der Waals surface area contributed by atoms with Crippen LogP contribution in [0.4, 0.5) is 17.3 Å². The van der Waals surface area contributed by atoms with Crippen molar-refractivity contribution in [1.82, 2.24) is 19.2 Å². The Bertz CT molecular complexity index is 632. The van der Waals surface area contributed by atoms with Crippen molar-refractivity contribution in [3.05, 3.63) is 36.7 Å². The summed E-state index contributed by atoms with van der Waals surface area (Å²) in [5.41, 5.74) is 1.93. The molecule has 2 aromatic rings. The molecule has 25 heavy (non-hydrogen) atoms. The standard InChI is InChI=1S/C16H23Cl2N7/c1-24-13-10-19-16(24)23-22-14-4-6-15(7-5-14)25(11-2-8-20-17)12-3-9-21-18/h4-7,10,13,20-21H,2-3,8-9,11-12H2,1H3. The molecule has 0 bridgehead atoms. The van der Waals surface area contributed by atoms with E-state index in [0.717, 1.165) is 50.4 Å². The zero-order valence-corrected chi connectivity index (χ0v) is 15.7. The second-order valence-corrected chi connectivity index (χ2v) is 6.05. The normalized spacial score (nSPS) is 11.3. The number of aryl methyl sites for hydroxylation is 1. The topological polar surface area (TPSA) is 69.8 Å². The van der Waals surface area contributed by atoms with Gasteiger partial charge in [0.15, 0.2) is 0 Å². The van der Waals surface area contributed by atoms with Crippen molar-refractivity contribution >= 4 is 40.9 Å². The monoisotopic (exact) mass is 383 g/mol. The molecular formula is C16H23Cl2N7. The molecule has 136 valence electrons. The van der Waals surface area contributed by atoms with Crippen molar-refractivity contribution in [1.29, 1.82) is 0 Å². The number of halogens is 2. The van der Waals surface area contributed by atoms with Crippen LogP contribution in [0.15, 0.2) is 46.9 Å². The van der Waals surface area contributed by atoms with Crippen LogP contribution in [0, 0.1) is 0 Å². The van der Waals surface area contributed by atoms with Gasteiger partial charge in [0, 0.05) is 51.3 Å². The first kappa shape index (κ1) is 19.7. The maximum absolute atomic E-state index is 5.54. The molecule has 0 aliphatic heterocycles. The number of hydrogen-bond donors (Lipinski definition) is 2. The van der Waals surface area contributed by atoms with E-state index in [1.807, 2.05) is 29.9 Å². The minimum Gasteiger partial charge on any atom is -0.371 e. The third kappa shape index (κ3) is 6.62. The number of anilines is 1. The summed E-state index contributed by atoms with van der Waals surface area (Å²) in [5, 5.41) is 8.38. The average Bonchev–Trinajstić information content (AvgIpc) is 3.04. The fourth-order valence-electron chi connectivity index (χ4n) is 2.33. The summed E-state index contributed by atoms with van der Waals surface area (Å²) in [6.07, 6.45) is 5.44. The van der Waals surface area contributed by atoms with Crippen LogP contribution in [0.1, 0.15) is 12.8 Å². The van der Waals surface area contributed by atoms with Crippen LogP contribution in [0.25, 0.3) is 0 Å². The van der Waals surface area contributed by atoms with E-state index in [-0.39, 0.29) is 0 Å². The van der Waals surface area contributed by atoms with Gasteiger partial charge < -0.3 is 9.47 Å². The van der Waals surface area contributed by atoms with Gasteiger partial charge in [-0.25, -0.2) is 14.7 Å². The molecule has 0 aliphatic rings. The molecule has 0 radical (unpaired) electrons. The Morgan fingerprint density at radius 3 is 2.20 bits per heavy atom. The molecule has 9 heteroatoms. The number of aromatic nitrogens is 2. The molecule has 1 aromatic carbocycles. The Balaban J connectivity index is 2.00. The van der Waals surface area contributed by atoms with Crippen molar-refractivity contribution < 1.29 is 0 Å². The largest absolute Gasteiger partial charge is 0.371 e. The Hall–Kier alpha value is -1.67. The molecular weight excluding hydrogens is 361 g/mol.